The molecule has 5 nitrogen and oxygen atoms in total. The second-order valence-electron chi connectivity index (χ2n) is 8.25. The number of β-amino-alcohol motifs (C(OH)–C–C–N with tert-alkyl or cyclic N) is 1. The molecule has 0 aromatic heterocycles. The second-order valence-corrected chi connectivity index (χ2v) is 8.25. The molecule has 0 aliphatic carbocycles. The van der Waals surface area contributed by atoms with Crippen LogP contribution in [0.3, 0.4) is 0 Å². The highest BCUT2D eigenvalue weighted by molar-refractivity contribution is 6.08. The Morgan fingerprint density at radius 2 is 1.34 bits per heavy atom. The number of ether oxygens (including phenoxy) is 1. The molecule has 0 saturated carbocycles. The Hall–Kier alpha value is -2.99. The molecule has 1 fully saturated rings. The predicted octanol–water partition coefficient (Wildman–Crippen LogP) is 3.48. The summed E-state index contributed by atoms with van der Waals surface area (Å²) in [6.45, 7) is 5.70. The number of carbonyl (C=O) groups excluding carboxylic acids is 1. The molecule has 1 heterocycles. The average Bonchev–Trinajstić information content (AvgIpc) is 2.85. The number of carbonyl (C=O) groups is 1. The van der Waals surface area contributed by atoms with Crippen LogP contribution < -0.4 is 4.74 Å². The summed E-state index contributed by atoms with van der Waals surface area (Å²) < 4.78 is 5.75. The van der Waals surface area contributed by atoms with Gasteiger partial charge in [0.1, 0.15) is 18.5 Å². The maximum atomic E-state index is 12.5. The van der Waals surface area contributed by atoms with Crippen LogP contribution in [-0.2, 0) is 6.54 Å². The van der Waals surface area contributed by atoms with E-state index >= 15 is 0 Å². The molecule has 0 radical (unpaired) electrons. The van der Waals surface area contributed by atoms with E-state index in [1.807, 2.05) is 36.4 Å². The third-order valence-corrected chi connectivity index (χ3v) is 5.78. The fourth-order valence-electron chi connectivity index (χ4n) is 3.97. The van der Waals surface area contributed by atoms with Crippen LogP contribution in [0.1, 0.15) is 21.5 Å². The second kappa shape index (κ2) is 11.0. The average molecular weight is 431 g/mol. The number of nitrogens with zero attached hydrogens (tertiary/aromatic N) is 2. The van der Waals surface area contributed by atoms with Crippen LogP contribution in [0.15, 0.2) is 84.9 Å². The minimum absolute atomic E-state index is 0.0106. The molecular formula is C27H30N2O3. The van der Waals surface area contributed by atoms with Crippen molar-refractivity contribution in [1.29, 1.82) is 0 Å². The first-order valence-corrected chi connectivity index (χ1v) is 11.2. The summed E-state index contributed by atoms with van der Waals surface area (Å²) in [6.07, 6.45) is -0.554. The number of piperazine rings is 1. The maximum Gasteiger partial charge on any atom is 0.193 e. The minimum Gasteiger partial charge on any atom is -0.491 e. The molecule has 0 amide bonds. The van der Waals surface area contributed by atoms with Gasteiger partial charge in [-0.3, -0.25) is 14.6 Å². The first-order chi connectivity index (χ1) is 15.7. The zero-order chi connectivity index (χ0) is 22.2. The van der Waals surface area contributed by atoms with Gasteiger partial charge in [0.2, 0.25) is 0 Å². The van der Waals surface area contributed by atoms with Crippen molar-refractivity contribution in [2.75, 3.05) is 39.3 Å². The van der Waals surface area contributed by atoms with Crippen molar-refractivity contribution >= 4 is 5.78 Å². The van der Waals surface area contributed by atoms with Gasteiger partial charge in [0.05, 0.1) is 0 Å². The first kappa shape index (κ1) is 22.2. The molecule has 1 saturated heterocycles. The van der Waals surface area contributed by atoms with Crippen molar-refractivity contribution in [3.8, 4) is 5.75 Å². The van der Waals surface area contributed by atoms with Crippen LogP contribution in [0.25, 0.3) is 0 Å². The van der Waals surface area contributed by atoms with Crippen molar-refractivity contribution in [3.63, 3.8) is 0 Å². The van der Waals surface area contributed by atoms with E-state index in [9.17, 15) is 9.90 Å². The number of aliphatic hydroxyl groups excluding tert-OH is 1. The molecule has 32 heavy (non-hydrogen) atoms. The third-order valence-electron chi connectivity index (χ3n) is 5.78. The van der Waals surface area contributed by atoms with Crippen LogP contribution in [0, 0.1) is 0 Å². The monoisotopic (exact) mass is 430 g/mol. The van der Waals surface area contributed by atoms with Crippen LogP contribution in [-0.4, -0.2) is 66.1 Å². The first-order valence-electron chi connectivity index (χ1n) is 11.2. The number of benzene rings is 3. The zero-order valence-electron chi connectivity index (χ0n) is 18.3. The third kappa shape index (κ3) is 6.26. The molecule has 166 valence electrons. The number of hydrogen-bond acceptors (Lipinski definition) is 5. The van der Waals surface area contributed by atoms with Crippen molar-refractivity contribution in [2.24, 2.45) is 0 Å². The van der Waals surface area contributed by atoms with Gasteiger partial charge in [-0.25, -0.2) is 0 Å². The Morgan fingerprint density at radius 1 is 0.781 bits per heavy atom. The molecule has 0 spiro atoms. The molecule has 1 aliphatic rings. The molecule has 5 heteroatoms. The highest BCUT2D eigenvalue weighted by Gasteiger charge is 2.19. The molecule has 3 aromatic rings. The predicted molar refractivity (Wildman–Crippen MR) is 126 cm³/mol. The van der Waals surface area contributed by atoms with E-state index in [4.69, 9.17) is 4.74 Å². The molecule has 1 N–H and O–H groups in total. The van der Waals surface area contributed by atoms with Gasteiger partial charge in [0.15, 0.2) is 5.78 Å². The lowest BCUT2D eigenvalue weighted by Crippen LogP contribution is -2.48. The van der Waals surface area contributed by atoms with Gasteiger partial charge in [0.25, 0.3) is 0 Å². The lowest BCUT2D eigenvalue weighted by atomic mass is 10.0. The summed E-state index contributed by atoms with van der Waals surface area (Å²) in [6, 6.07) is 26.9. The van der Waals surface area contributed by atoms with Gasteiger partial charge in [-0.15, -0.1) is 0 Å². The summed E-state index contributed by atoms with van der Waals surface area (Å²) >= 11 is 0. The number of rotatable bonds is 9. The van der Waals surface area contributed by atoms with Crippen molar-refractivity contribution in [1.82, 2.24) is 9.80 Å². The normalized spacial score (nSPS) is 15.9. The maximum absolute atomic E-state index is 12.5. The molecule has 1 atom stereocenters. The van der Waals surface area contributed by atoms with Crippen molar-refractivity contribution in [3.05, 3.63) is 102 Å². The Balaban J connectivity index is 1.18. The largest absolute Gasteiger partial charge is 0.491 e. The lowest BCUT2D eigenvalue weighted by molar-refractivity contribution is 0.0446. The van der Waals surface area contributed by atoms with Gasteiger partial charge in [-0.1, -0.05) is 60.7 Å². The Labute approximate surface area is 189 Å². The number of hydrogen-bond donors (Lipinski definition) is 1. The molecule has 0 bridgehead atoms. The van der Waals surface area contributed by atoms with E-state index in [0.717, 1.165) is 32.7 Å². The van der Waals surface area contributed by atoms with Crippen LogP contribution in [0.5, 0.6) is 5.75 Å². The van der Waals surface area contributed by atoms with E-state index in [1.54, 1.807) is 24.3 Å². The molecule has 3 aromatic carbocycles. The smallest absolute Gasteiger partial charge is 0.193 e. The molecular weight excluding hydrogens is 400 g/mol. The summed E-state index contributed by atoms with van der Waals surface area (Å²) in [7, 11) is 0. The van der Waals surface area contributed by atoms with Gasteiger partial charge in [-0.05, 0) is 29.8 Å². The lowest BCUT2D eigenvalue weighted by Gasteiger charge is -2.35. The van der Waals surface area contributed by atoms with E-state index in [-0.39, 0.29) is 12.4 Å². The van der Waals surface area contributed by atoms with Gasteiger partial charge < -0.3 is 9.84 Å². The van der Waals surface area contributed by atoms with Crippen LogP contribution in [0.4, 0.5) is 0 Å². The van der Waals surface area contributed by atoms with E-state index in [1.165, 1.54) is 5.56 Å². The van der Waals surface area contributed by atoms with Gasteiger partial charge >= 0.3 is 0 Å². The van der Waals surface area contributed by atoms with Crippen LogP contribution >= 0.6 is 0 Å². The van der Waals surface area contributed by atoms with E-state index < -0.39 is 6.10 Å². The Kier molecular flexibility index (Phi) is 7.67. The summed E-state index contributed by atoms with van der Waals surface area (Å²) in [4.78, 5) is 17.2. The standard InChI is InChI=1S/C27H30N2O3/c30-25(20-29-17-15-28(16-18-29)19-22-7-3-1-4-8-22)21-32-26-13-11-24(12-14-26)27(31)23-9-5-2-6-10-23/h1-14,25,30H,15-21H2/t25-/m1/s1. The van der Waals surface area contributed by atoms with Crippen molar-refractivity contribution < 1.29 is 14.6 Å². The topological polar surface area (TPSA) is 53.0 Å². The zero-order valence-corrected chi connectivity index (χ0v) is 18.3. The summed E-state index contributed by atoms with van der Waals surface area (Å²) in [5, 5.41) is 10.4. The highest BCUT2D eigenvalue weighted by Crippen LogP contribution is 2.16. The van der Waals surface area contributed by atoms with E-state index in [2.05, 4.69) is 34.1 Å². The van der Waals surface area contributed by atoms with Gasteiger partial charge in [0, 0.05) is 50.4 Å². The SMILES string of the molecule is O=C(c1ccccc1)c1ccc(OC[C@H](O)CN2CCN(Cc3ccccc3)CC2)cc1. The fourth-order valence-corrected chi connectivity index (χ4v) is 3.97. The number of aliphatic hydroxyl groups is 1. The Bertz CT molecular complexity index is 969. The molecule has 4 rings (SSSR count). The number of ketones is 1. The molecule has 1 aliphatic heterocycles. The molecule has 0 unspecified atom stereocenters. The minimum atomic E-state index is -0.554. The van der Waals surface area contributed by atoms with Crippen LogP contribution in [0.2, 0.25) is 0 Å². The van der Waals surface area contributed by atoms with E-state index in [0.29, 0.717) is 23.4 Å². The quantitative estimate of drug-likeness (QED) is 0.527. The highest BCUT2D eigenvalue weighted by atomic mass is 16.5. The van der Waals surface area contributed by atoms with Crippen molar-refractivity contribution in [2.45, 2.75) is 12.6 Å². The Morgan fingerprint density at radius 3 is 2.00 bits per heavy atom. The summed E-state index contributed by atoms with van der Waals surface area (Å²) in [5.41, 5.74) is 2.63. The summed E-state index contributed by atoms with van der Waals surface area (Å²) in [5.74, 6) is 0.643. The van der Waals surface area contributed by atoms with Gasteiger partial charge in [-0.2, -0.15) is 0 Å². The fraction of sp³-hybridized carbons (Fsp3) is 0.296.